The maximum Gasteiger partial charge on any atom is 0.256 e. The molecule has 8 heteroatoms. The maximum atomic E-state index is 15.7. The molecule has 168 valence electrons. The fourth-order valence-electron chi connectivity index (χ4n) is 3.85. The van der Waals surface area contributed by atoms with Gasteiger partial charge in [-0.2, -0.15) is 5.10 Å². The zero-order valence-electron chi connectivity index (χ0n) is 20.5. The third-order valence-corrected chi connectivity index (χ3v) is 5.42. The molecule has 1 aromatic carbocycles. The molecule has 0 saturated carbocycles. The highest BCUT2D eigenvalue weighted by atomic mass is 19.1. The molecule has 5 rings (SSSR count). The number of carbonyl (C=O) groups is 1. The number of carbonyl (C=O) groups excluding carboxylic acids is 1. The first-order chi connectivity index (χ1) is 16.7. The number of aryl methyl sites for hydroxylation is 1. The predicted molar refractivity (Wildman–Crippen MR) is 122 cm³/mol. The Hall–Kier alpha value is -3.81. The summed E-state index contributed by atoms with van der Waals surface area (Å²) in [6.07, 6.45) is 4.88. The number of fused-ring (bicyclic) bond motifs is 2. The Labute approximate surface area is 193 Å². The van der Waals surface area contributed by atoms with Gasteiger partial charge in [-0.15, -0.1) is 0 Å². The van der Waals surface area contributed by atoms with Crippen LogP contribution in [0.1, 0.15) is 38.2 Å². The summed E-state index contributed by atoms with van der Waals surface area (Å²) >= 11 is 0. The number of ether oxygens (including phenoxy) is 1. The molecule has 0 atom stereocenters. The Morgan fingerprint density at radius 3 is 2.85 bits per heavy atom. The van der Waals surface area contributed by atoms with E-state index in [9.17, 15) is 4.79 Å². The number of benzene rings is 1. The summed E-state index contributed by atoms with van der Waals surface area (Å²) in [5.41, 5.74) is 2.17. The Morgan fingerprint density at radius 1 is 1.21 bits per heavy atom. The number of nitrogens with zero attached hydrogens (tertiary/aromatic N) is 5. The molecule has 0 aliphatic carbocycles. The average Bonchev–Trinajstić information content (AvgIpc) is 3.29. The van der Waals surface area contributed by atoms with Gasteiger partial charge in [0.05, 0.1) is 33.6 Å². The molecule has 0 saturated heterocycles. The number of hydrogen-bond donors (Lipinski definition) is 0. The Balaban J connectivity index is 1.59. The number of rotatable bonds is 6. The molecule has 1 aliphatic heterocycles. The molecule has 0 fully saturated rings. The van der Waals surface area contributed by atoms with Crippen molar-refractivity contribution in [3.05, 3.63) is 71.6 Å². The standard InChI is InChI=1S/C25H24FN5O2/c1-15(2)14-33-23-10-16(17-6-8-28-24-19(17)11-30(3)29-24)9-21(26)20(23)12-31-13-22-18(25(31)32)5-4-7-27-22/h4-11,15H,12-14H2,1-3H3/i13D2. The van der Waals surface area contributed by atoms with Gasteiger partial charge in [-0.25, -0.2) is 9.37 Å². The van der Waals surface area contributed by atoms with Gasteiger partial charge in [0.15, 0.2) is 5.65 Å². The molecule has 0 radical (unpaired) electrons. The molecule has 4 aromatic rings. The van der Waals surface area contributed by atoms with Crippen molar-refractivity contribution in [3.63, 3.8) is 0 Å². The first-order valence-corrected chi connectivity index (χ1v) is 10.7. The number of pyridine rings is 2. The molecule has 33 heavy (non-hydrogen) atoms. The van der Waals surface area contributed by atoms with Gasteiger partial charge in [-0.3, -0.25) is 14.5 Å². The van der Waals surface area contributed by atoms with Crippen molar-refractivity contribution >= 4 is 16.9 Å². The van der Waals surface area contributed by atoms with Crippen LogP contribution in [-0.2, 0) is 20.1 Å². The van der Waals surface area contributed by atoms with E-state index in [0.717, 1.165) is 15.8 Å². The van der Waals surface area contributed by atoms with Gasteiger partial charge in [-0.05, 0) is 47.4 Å². The molecule has 3 aromatic heterocycles. The third kappa shape index (κ3) is 3.92. The lowest BCUT2D eigenvalue weighted by Crippen LogP contribution is -2.24. The van der Waals surface area contributed by atoms with Gasteiger partial charge in [0, 0.05) is 36.6 Å². The Kier molecular flexibility index (Phi) is 4.70. The normalized spacial score (nSPS) is 15.7. The smallest absolute Gasteiger partial charge is 0.256 e. The van der Waals surface area contributed by atoms with E-state index in [1.807, 2.05) is 20.0 Å². The molecule has 1 aliphatic rings. The highest BCUT2D eigenvalue weighted by Crippen LogP contribution is 2.35. The number of amides is 1. The molecule has 1 amide bonds. The maximum absolute atomic E-state index is 15.7. The second-order valence-electron chi connectivity index (χ2n) is 8.44. The van der Waals surface area contributed by atoms with Crippen molar-refractivity contribution in [3.8, 4) is 16.9 Å². The summed E-state index contributed by atoms with van der Waals surface area (Å²) in [6.45, 7) is 1.80. The number of hydrogen-bond acceptors (Lipinski definition) is 5. The van der Waals surface area contributed by atoms with Crippen LogP contribution in [0.3, 0.4) is 0 Å². The molecular weight excluding hydrogens is 421 g/mol. The van der Waals surface area contributed by atoms with Crippen LogP contribution in [-0.4, -0.2) is 37.2 Å². The van der Waals surface area contributed by atoms with Gasteiger partial charge in [0.2, 0.25) is 0 Å². The van der Waals surface area contributed by atoms with E-state index in [1.165, 1.54) is 18.3 Å². The predicted octanol–water partition coefficient (Wildman–Crippen LogP) is 4.36. The quantitative estimate of drug-likeness (QED) is 0.439. The molecule has 0 bridgehead atoms. The van der Waals surface area contributed by atoms with E-state index in [2.05, 4.69) is 15.1 Å². The fraction of sp³-hybridized carbons (Fsp3) is 0.280. The van der Waals surface area contributed by atoms with E-state index >= 15 is 4.39 Å². The van der Waals surface area contributed by atoms with E-state index in [1.54, 1.807) is 36.1 Å². The summed E-state index contributed by atoms with van der Waals surface area (Å²) < 4.78 is 40.4. The van der Waals surface area contributed by atoms with Crippen LogP contribution in [0.4, 0.5) is 4.39 Å². The van der Waals surface area contributed by atoms with Gasteiger partial charge >= 0.3 is 0 Å². The second kappa shape index (κ2) is 8.27. The summed E-state index contributed by atoms with van der Waals surface area (Å²) in [4.78, 5) is 22.3. The third-order valence-electron chi connectivity index (χ3n) is 5.42. The molecule has 0 spiro atoms. The largest absolute Gasteiger partial charge is 0.493 e. The number of halogens is 1. The van der Waals surface area contributed by atoms with Crippen LogP contribution in [0.15, 0.2) is 48.9 Å². The van der Waals surface area contributed by atoms with Crippen molar-refractivity contribution < 1.29 is 16.7 Å². The zero-order valence-corrected chi connectivity index (χ0v) is 18.5. The van der Waals surface area contributed by atoms with Crippen LogP contribution in [0, 0.1) is 11.7 Å². The molecule has 7 nitrogen and oxygen atoms in total. The van der Waals surface area contributed by atoms with Crippen LogP contribution in [0.2, 0.25) is 0 Å². The van der Waals surface area contributed by atoms with Crippen molar-refractivity contribution in [1.29, 1.82) is 0 Å². The molecule has 4 heterocycles. The van der Waals surface area contributed by atoms with E-state index in [4.69, 9.17) is 7.48 Å². The Bertz CT molecular complexity index is 1450. The summed E-state index contributed by atoms with van der Waals surface area (Å²) in [7, 11) is 1.79. The van der Waals surface area contributed by atoms with Crippen molar-refractivity contribution in [1.82, 2.24) is 24.6 Å². The highest BCUT2D eigenvalue weighted by Gasteiger charge is 2.30. The van der Waals surface area contributed by atoms with Crippen molar-refractivity contribution in [2.24, 2.45) is 13.0 Å². The summed E-state index contributed by atoms with van der Waals surface area (Å²) in [5, 5.41) is 5.09. The second-order valence-corrected chi connectivity index (χ2v) is 8.44. The van der Waals surface area contributed by atoms with Gasteiger partial charge < -0.3 is 9.64 Å². The number of aromatic nitrogens is 4. The minimum absolute atomic E-state index is 0.0300. The monoisotopic (exact) mass is 447 g/mol. The first kappa shape index (κ1) is 18.7. The van der Waals surface area contributed by atoms with Crippen LogP contribution < -0.4 is 4.74 Å². The van der Waals surface area contributed by atoms with E-state index in [-0.39, 0.29) is 35.0 Å². The zero-order chi connectivity index (χ0) is 24.9. The van der Waals surface area contributed by atoms with Crippen LogP contribution >= 0.6 is 0 Å². The lowest BCUT2D eigenvalue weighted by molar-refractivity contribution is 0.0763. The lowest BCUT2D eigenvalue weighted by Gasteiger charge is -2.20. The van der Waals surface area contributed by atoms with E-state index < -0.39 is 18.2 Å². The van der Waals surface area contributed by atoms with E-state index in [0.29, 0.717) is 17.8 Å². The topological polar surface area (TPSA) is 73.1 Å². The highest BCUT2D eigenvalue weighted by molar-refractivity contribution is 5.97. The van der Waals surface area contributed by atoms with Crippen LogP contribution in [0.5, 0.6) is 5.75 Å². The minimum atomic E-state index is -2.18. The fourth-order valence-corrected chi connectivity index (χ4v) is 3.85. The van der Waals surface area contributed by atoms with Gasteiger partial charge in [-0.1, -0.05) is 13.8 Å². The van der Waals surface area contributed by atoms with Crippen molar-refractivity contribution in [2.45, 2.75) is 26.9 Å². The molecular formula is C25H24FN5O2. The lowest BCUT2D eigenvalue weighted by atomic mass is 10.0. The minimum Gasteiger partial charge on any atom is -0.493 e. The van der Waals surface area contributed by atoms with Gasteiger partial charge in [0.25, 0.3) is 5.91 Å². The van der Waals surface area contributed by atoms with Gasteiger partial charge in [0.1, 0.15) is 11.6 Å². The molecule has 0 unspecified atom stereocenters. The Morgan fingerprint density at radius 2 is 2.06 bits per heavy atom. The summed E-state index contributed by atoms with van der Waals surface area (Å²) in [5.74, 6) is -0.700. The summed E-state index contributed by atoms with van der Waals surface area (Å²) in [6, 6.07) is 8.00. The first-order valence-electron chi connectivity index (χ1n) is 11.7. The molecule has 0 N–H and O–H groups in total. The van der Waals surface area contributed by atoms with Crippen LogP contribution in [0.25, 0.3) is 22.2 Å². The average molecular weight is 448 g/mol. The van der Waals surface area contributed by atoms with Crippen molar-refractivity contribution in [2.75, 3.05) is 6.61 Å². The SMILES string of the molecule is [2H]C1([2H])c2ncccc2C(=O)N1Cc1c(F)cc(-c2ccnc3nn(C)cc23)cc1OCC(C)C.